The molecule has 1 aliphatic heterocycles. The number of hydrogen-bond donors (Lipinski definition) is 1. The third-order valence-corrected chi connectivity index (χ3v) is 3.93. The van der Waals surface area contributed by atoms with Gasteiger partial charge in [0.2, 0.25) is 5.91 Å². The maximum atomic E-state index is 12.5. The van der Waals surface area contributed by atoms with Crippen LogP contribution in [0.25, 0.3) is 0 Å². The average Bonchev–Trinajstić information content (AvgIpc) is 2.53. The van der Waals surface area contributed by atoms with Gasteiger partial charge in [-0.3, -0.25) is 9.59 Å². The fraction of sp³-hybridized carbons (Fsp3) is 0.529. The molecule has 2 N–H and O–H groups in total. The number of nitrogens with two attached hydrogens (primary N) is 1. The van der Waals surface area contributed by atoms with Crippen molar-refractivity contribution in [1.29, 1.82) is 0 Å². The molecule has 1 fully saturated rings. The third-order valence-electron chi connectivity index (χ3n) is 3.93. The van der Waals surface area contributed by atoms with Gasteiger partial charge in [-0.15, -0.1) is 0 Å². The first-order chi connectivity index (χ1) is 10.3. The second kappa shape index (κ2) is 6.48. The van der Waals surface area contributed by atoms with Gasteiger partial charge in [0.05, 0.1) is 0 Å². The zero-order valence-corrected chi connectivity index (χ0v) is 13.6. The maximum Gasteiger partial charge on any atom is 0.253 e. The average molecular weight is 303 g/mol. The highest BCUT2D eigenvalue weighted by molar-refractivity contribution is 5.94. The Morgan fingerprint density at radius 1 is 1.00 bits per heavy atom. The summed E-state index contributed by atoms with van der Waals surface area (Å²) in [7, 11) is 0. The lowest BCUT2D eigenvalue weighted by Crippen LogP contribution is -2.53. The normalized spacial score (nSPS) is 15.8. The Morgan fingerprint density at radius 3 is 1.95 bits per heavy atom. The molecule has 0 aliphatic carbocycles. The smallest absolute Gasteiger partial charge is 0.253 e. The van der Waals surface area contributed by atoms with Crippen LogP contribution in [0.4, 0.5) is 0 Å². The van der Waals surface area contributed by atoms with E-state index in [1.54, 1.807) is 0 Å². The van der Waals surface area contributed by atoms with Gasteiger partial charge in [-0.1, -0.05) is 32.9 Å². The molecular formula is C17H25N3O2. The van der Waals surface area contributed by atoms with Gasteiger partial charge in [0.15, 0.2) is 0 Å². The zero-order chi connectivity index (χ0) is 16.3. The lowest BCUT2D eigenvalue weighted by atomic mass is 9.94. The van der Waals surface area contributed by atoms with E-state index in [2.05, 4.69) is 0 Å². The molecule has 0 unspecified atom stereocenters. The van der Waals surface area contributed by atoms with Crippen LogP contribution in [0, 0.1) is 5.41 Å². The molecule has 1 aromatic rings. The van der Waals surface area contributed by atoms with Gasteiger partial charge in [-0.05, 0) is 17.7 Å². The van der Waals surface area contributed by atoms with E-state index < -0.39 is 0 Å². The van der Waals surface area contributed by atoms with Crippen LogP contribution in [-0.2, 0) is 11.3 Å². The van der Waals surface area contributed by atoms with E-state index in [4.69, 9.17) is 5.73 Å². The van der Waals surface area contributed by atoms with Crippen molar-refractivity contribution >= 4 is 11.8 Å². The predicted molar refractivity (Wildman–Crippen MR) is 86.3 cm³/mol. The molecule has 0 spiro atoms. The lowest BCUT2D eigenvalue weighted by Gasteiger charge is -2.37. The Bertz CT molecular complexity index is 538. The topological polar surface area (TPSA) is 66.6 Å². The van der Waals surface area contributed by atoms with Crippen molar-refractivity contribution in [3.63, 3.8) is 0 Å². The molecule has 5 heteroatoms. The maximum absolute atomic E-state index is 12.5. The van der Waals surface area contributed by atoms with Crippen molar-refractivity contribution in [1.82, 2.24) is 9.80 Å². The van der Waals surface area contributed by atoms with Gasteiger partial charge in [-0.2, -0.15) is 0 Å². The quantitative estimate of drug-likeness (QED) is 0.900. The molecule has 0 atom stereocenters. The van der Waals surface area contributed by atoms with Gasteiger partial charge in [0.25, 0.3) is 5.91 Å². The predicted octanol–water partition coefficient (Wildman–Crippen LogP) is 1.48. The molecule has 0 saturated carbocycles. The van der Waals surface area contributed by atoms with Crippen LogP contribution in [-0.4, -0.2) is 47.8 Å². The van der Waals surface area contributed by atoms with E-state index >= 15 is 0 Å². The van der Waals surface area contributed by atoms with E-state index in [1.165, 1.54) is 0 Å². The third kappa shape index (κ3) is 3.65. The van der Waals surface area contributed by atoms with Crippen LogP contribution >= 0.6 is 0 Å². The van der Waals surface area contributed by atoms with Crippen molar-refractivity contribution in [2.75, 3.05) is 26.2 Å². The fourth-order valence-electron chi connectivity index (χ4n) is 2.55. The van der Waals surface area contributed by atoms with Crippen molar-refractivity contribution < 1.29 is 9.59 Å². The van der Waals surface area contributed by atoms with Gasteiger partial charge >= 0.3 is 0 Å². The number of amides is 2. The largest absolute Gasteiger partial charge is 0.339 e. The highest BCUT2D eigenvalue weighted by atomic mass is 16.2. The minimum absolute atomic E-state index is 0.0198. The van der Waals surface area contributed by atoms with E-state index in [-0.39, 0.29) is 17.2 Å². The second-order valence-electron chi connectivity index (χ2n) is 6.74. The number of rotatable bonds is 2. The van der Waals surface area contributed by atoms with Crippen molar-refractivity contribution in [3.8, 4) is 0 Å². The highest BCUT2D eigenvalue weighted by Gasteiger charge is 2.30. The molecule has 0 radical (unpaired) electrons. The number of piperazine rings is 1. The van der Waals surface area contributed by atoms with Gasteiger partial charge < -0.3 is 15.5 Å². The van der Waals surface area contributed by atoms with Gasteiger partial charge in [0.1, 0.15) is 0 Å². The first-order valence-electron chi connectivity index (χ1n) is 7.70. The minimum atomic E-state index is -0.371. The molecule has 22 heavy (non-hydrogen) atoms. The molecular weight excluding hydrogens is 278 g/mol. The van der Waals surface area contributed by atoms with Crippen LogP contribution < -0.4 is 5.73 Å². The molecule has 120 valence electrons. The van der Waals surface area contributed by atoms with Crippen LogP contribution in [0.1, 0.15) is 36.7 Å². The molecule has 1 aromatic carbocycles. The van der Waals surface area contributed by atoms with Crippen LogP contribution in [0.15, 0.2) is 24.3 Å². The van der Waals surface area contributed by atoms with Crippen LogP contribution in [0.2, 0.25) is 0 Å². The van der Waals surface area contributed by atoms with Crippen molar-refractivity contribution in [3.05, 3.63) is 35.4 Å². The fourth-order valence-corrected chi connectivity index (χ4v) is 2.55. The Hall–Kier alpha value is -1.88. The summed E-state index contributed by atoms with van der Waals surface area (Å²) in [6.07, 6.45) is 0. The number of carbonyl (C=O) groups is 2. The highest BCUT2D eigenvalue weighted by Crippen LogP contribution is 2.19. The van der Waals surface area contributed by atoms with Crippen LogP contribution in [0.5, 0.6) is 0 Å². The number of benzene rings is 1. The van der Waals surface area contributed by atoms with Crippen LogP contribution in [0.3, 0.4) is 0 Å². The first-order valence-corrected chi connectivity index (χ1v) is 7.70. The summed E-state index contributed by atoms with van der Waals surface area (Å²) in [5.41, 5.74) is 6.88. The summed E-state index contributed by atoms with van der Waals surface area (Å²) in [6.45, 7) is 8.61. The second-order valence-corrected chi connectivity index (χ2v) is 6.74. The summed E-state index contributed by atoms with van der Waals surface area (Å²) < 4.78 is 0. The van der Waals surface area contributed by atoms with E-state index in [1.807, 2.05) is 54.8 Å². The molecule has 1 saturated heterocycles. The molecule has 2 amide bonds. The molecule has 2 rings (SSSR count). The Kier molecular flexibility index (Phi) is 4.86. The van der Waals surface area contributed by atoms with E-state index in [9.17, 15) is 9.59 Å². The standard InChI is InChI=1S/C17H25N3O2/c1-17(2,3)16(22)20-10-8-19(9-11-20)15(21)14-6-4-13(12-18)5-7-14/h4-7H,8-12,18H2,1-3H3. The Balaban J connectivity index is 1.96. The molecule has 5 nitrogen and oxygen atoms in total. The van der Waals surface area contributed by atoms with E-state index in [0.29, 0.717) is 38.3 Å². The Labute approximate surface area is 132 Å². The van der Waals surface area contributed by atoms with E-state index in [0.717, 1.165) is 5.56 Å². The monoisotopic (exact) mass is 303 g/mol. The summed E-state index contributed by atoms with van der Waals surface area (Å²) in [4.78, 5) is 28.4. The zero-order valence-electron chi connectivity index (χ0n) is 13.6. The minimum Gasteiger partial charge on any atom is -0.339 e. The summed E-state index contributed by atoms with van der Waals surface area (Å²) in [6, 6.07) is 7.40. The van der Waals surface area contributed by atoms with Gasteiger partial charge in [0, 0.05) is 43.7 Å². The number of hydrogen-bond acceptors (Lipinski definition) is 3. The molecule has 1 aliphatic rings. The Morgan fingerprint density at radius 2 is 1.50 bits per heavy atom. The van der Waals surface area contributed by atoms with Gasteiger partial charge in [-0.25, -0.2) is 0 Å². The summed E-state index contributed by atoms with van der Waals surface area (Å²) in [5.74, 6) is 0.165. The van der Waals surface area contributed by atoms with Crippen molar-refractivity contribution in [2.24, 2.45) is 11.1 Å². The molecule has 0 bridgehead atoms. The number of carbonyl (C=O) groups excluding carboxylic acids is 2. The van der Waals surface area contributed by atoms with Crippen molar-refractivity contribution in [2.45, 2.75) is 27.3 Å². The SMILES string of the molecule is CC(C)(C)C(=O)N1CCN(C(=O)c2ccc(CN)cc2)CC1. The summed E-state index contributed by atoms with van der Waals surface area (Å²) >= 11 is 0. The number of nitrogens with zero attached hydrogens (tertiary/aromatic N) is 2. The molecule has 0 aromatic heterocycles. The first kappa shape index (κ1) is 16.5. The lowest BCUT2D eigenvalue weighted by molar-refractivity contribution is -0.140. The summed E-state index contributed by atoms with van der Waals surface area (Å²) in [5, 5.41) is 0. The molecule has 1 heterocycles.